The van der Waals surface area contributed by atoms with Crippen molar-refractivity contribution in [1.29, 1.82) is 0 Å². The molecule has 1 aliphatic heterocycles. The molecule has 2 atom stereocenters. The molecule has 2 heterocycles. The van der Waals surface area contributed by atoms with Crippen LogP contribution in [0.5, 0.6) is 0 Å². The molecule has 9 nitrogen and oxygen atoms in total. The summed E-state index contributed by atoms with van der Waals surface area (Å²) in [5, 5.41) is 19.3. The maximum atomic E-state index is 13.7. The largest absolute Gasteiger partial charge is 0.481 e. The fourth-order valence-electron chi connectivity index (χ4n) is 4.40. The minimum Gasteiger partial charge on any atom is -0.481 e. The smallest absolute Gasteiger partial charge is 0.407 e. The van der Waals surface area contributed by atoms with Gasteiger partial charge in [-0.15, -0.1) is 0 Å². The Morgan fingerprint density at radius 2 is 1.88 bits per heavy atom. The first-order valence-electron chi connectivity index (χ1n) is 10.8. The van der Waals surface area contributed by atoms with Crippen LogP contribution in [0, 0.1) is 11.3 Å². The van der Waals surface area contributed by atoms with Crippen molar-refractivity contribution < 1.29 is 37.8 Å². The van der Waals surface area contributed by atoms with Crippen molar-refractivity contribution in [2.75, 3.05) is 19.6 Å². The van der Waals surface area contributed by atoms with Crippen LogP contribution in [0.1, 0.15) is 37.8 Å². The zero-order valence-corrected chi connectivity index (χ0v) is 19.0. The van der Waals surface area contributed by atoms with E-state index in [1.807, 2.05) is 0 Å². The van der Waals surface area contributed by atoms with Crippen LogP contribution in [0.3, 0.4) is 0 Å². The number of piperidine rings is 1. The Bertz CT molecular complexity index is 1100. The number of hydrogen-bond donors (Lipinski definition) is 2. The van der Waals surface area contributed by atoms with Crippen molar-refractivity contribution in [1.82, 2.24) is 19.4 Å². The second-order valence-electron chi connectivity index (χ2n) is 9.36. The lowest BCUT2D eigenvalue weighted by atomic mass is 9.79. The molecule has 12 heteroatoms. The van der Waals surface area contributed by atoms with Gasteiger partial charge in [0.25, 0.3) is 5.91 Å². The summed E-state index contributed by atoms with van der Waals surface area (Å²) in [6, 6.07) is 5.21. The number of carboxylic acid groups (broad SMARTS) is 2. The number of hydrogen-bond acceptors (Lipinski definition) is 4. The minimum absolute atomic E-state index is 0.0515. The average molecular weight is 484 g/mol. The van der Waals surface area contributed by atoms with E-state index in [4.69, 9.17) is 0 Å². The third-order valence-corrected chi connectivity index (χ3v) is 5.89. The fraction of sp³-hybridized carbons (Fsp3) is 0.545. The third-order valence-electron chi connectivity index (χ3n) is 5.89. The molecule has 2 amide bonds. The molecule has 0 radical (unpaired) electrons. The molecule has 0 aliphatic carbocycles. The summed E-state index contributed by atoms with van der Waals surface area (Å²) in [5.41, 5.74) is -1.12. The number of carbonyl (C=O) groups excluding carboxylic acids is 1. The van der Waals surface area contributed by atoms with Gasteiger partial charge in [0, 0.05) is 19.6 Å². The van der Waals surface area contributed by atoms with Gasteiger partial charge in [0.1, 0.15) is 6.54 Å². The van der Waals surface area contributed by atoms with Crippen LogP contribution < -0.4 is 0 Å². The van der Waals surface area contributed by atoms with E-state index in [0.717, 1.165) is 9.47 Å². The highest BCUT2D eigenvalue weighted by molar-refractivity contribution is 5.95. The standard InChI is InChI=1S/C22H27F3N4O5/c1-13(2)9-28(14-8-21(3,19(31)32)11-27(10-14)20(33)34)18(30)17-26-15-6-4-5-7-16(15)29(17)12-22(23,24)25/h4-7,13-14H,8-12H2,1-3H3,(H,31,32)(H,33,34)/t14-,21+/m0/s1. The predicted molar refractivity (Wildman–Crippen MR) is 115 cm³/mol. The number of halogens is 3. The Morgan fingerprint density at radius 1 is 1.24 bits per heavy atom. The van der Waals surface area contributed by atoms with Crippen molar-refractivity contribution >= 4 is 29.0 Å². The van der Waals surface area contributed by atoms with E-state index in [0.29, 0.717) is 0 Å². The van der Waals surface area contributed by atoms with Crippen LogP contribution in [-0.2, 0) is 11.3 Å². The topological polar surface area (TPSA) is 116 Å². The molecule has 1 saturated heterocycles. The zero-order valence-electron chi connectivity index (χ0n) is 19.0. The lowest BCUT2D eigenvalue weighted by Crippen LogP contribution is -2.59. The number of aliphatic carboxylic acids is 1. The summed E-state index contributed by atoms with van der Waals surface area (Å²) >= 11 is 0. The van der Waals surface area contributed by atoms with Crippen molar-refractivity contribution in [3.05, 3.63) is 30.1 Å². The van der Waals surface area contributed by atoms with E-state index >= 15 is 0 Å². The van der Waals surface area contributed by atoms with E-state index in [1.54, 1.807) is 26.0 Å². The van der Waals surface area contributed by atoms with Gasteiger partial charge in [-0.3, -0.25) is 9.59 Å². The van der Waals surface area contributed by atoms with E-state index in [1.165, 1.54) is 24.0 Å². The summed E-state index contributed by atoms with van der Waals surface area (Å²) in [4.78, 5) is 43.7. The zero-order chi connectivity index (χ0) is 25.4. The summed E-state index contributed by atoms with van der Waals surface area (Å²) in [6.07, 6.45) is -6.00. The first-order valence-corrected chi connectivity index (χ1v) is 10.8. The first kappa shape index (κ1) is 25.3. The molecule has 2 aromatic rings. The van der Waals surface area contributed by atoms with E-state index in [-0.39, 0.29) is 43.0 Å². The molecule has 0 spiro atoms. The third kappa shape index (κ3) is 5.26. The number of rotatable bonds is 6. The molecule has 0 unspecified atom stereocenters. The normalized spacial score (nSPS) is 21.1. The SMILES string of the molecule is CC(C)CN(C(=O)c1nc2ccccc2n1CC(F)(F)F)[C@@H]1CN(C(=O)O)C[C@](C)(C(=O)O)C1. The molecule has 1 aromatic carbocycles. The predicted octanol–water partition coefficient (Wildman–Crippen LogP) is 3.54. The molecule has 1 fully saturated rings. The Labute approximate surface area is 193 Å². The highest BCUT2D eigenvalue weighted by atomic mass is 19.4. The van der Waals surface area contributed by atoms with Crippen LogP contribution in [0.2, 0.25) is 0 Å². The van der Waals surface area contributed by atoms with Crippen molar-refractivity contribution in [3.8, 4) is 0 Å². The molecule has 0 bridgehead atoms. The number of fused-ring (bicyclic) bond motifs is 1. The van der Waals surface area contributed by atoms with Gasteiger partial charge in [0.2, 0.25) is 5.82 Å². The molecule has 34 heavy (non-hydrogen) atoms. The summed E-state index contributed by atoms with van der Waals surface area (Å²) < 4.78 is 40.9. The van der Waals surface area contributed by atoms with Gasteiger partial charge < -0.3 is 24.6 Å². The lowest BCUT2D eigenvalue weighted by Gasteiger charge is -2.45. The van der Waals surface area contributed by atoms with E-state index in [9.17, 15) is 37.8 Å². The fourth-order valence-corrected chi connectivity index (χ4v) is 4.40. The molecule has 1 aromatic heterocycles. The Hall–Kier alpha value is -3.31. The van der Waals surface area contributed by atoms with Gasteiger partial charge in [-0.1, -0.05) is 26.0 Å². The number of likely N-dealkylation sites (tertiary alicyclic amines) is 1. The van der Waals surface area contributed by atoms with Gasteiger partial charge in [0.05, 0.1) is 22.5 Å². The number of imidazole rings is 1. The number of alkyl halides is 3. The summed E-state index contributed by atoms with van der Waals surface area (Å²) in [6.45, 7) is 3.24. The number of benzene rings is 1. The van der Waals surface area contributed by atoms with Crippen LogP contribution in [-0.4, -0.2) is 79.4 Å². The van der Waals surface area contributed by atoms with Crippen molar-refractivity contribution in [3.63, 3.8) is 0 Å². The maximum absolute atomic E-state index is 13.7. The second kappa shape index (κ2) is 9.15. The Morgan fingerprint density at radius 3 is 2.44 bits per heavy atom. The van der Waals surface area contributed by atoms with Gasteiger partial charge in [-0.05, 0) is 31.4 Å². The maximum Gasteiger partial charge on any atom is 0.407 e. The van der Waals surface area contributed by atoms with E-state index in [2.05, 4.69) is 4.98 Å². The number of para-hydroxylation sites is 2. The minimum atomic E-state index is -4.62. The summed E-state index contributed by atoms with van der Waals surface area (Å²) in [5.74, 6) is -2.58. The first-order chi connectivity index (χ1) is 15.7. The van der Waals surface area contributed by atoms with Crippen molar-refractivity contribution in [2.24, 2.45) is 11.3 Å². The van der Waals surface area contributed by atoms with Crippen LogP contribution in [0.15, 0.2) is 24.3 Å². The molecule has 3 rings (SSSR count). The van der Waals surface area contributed by atoms with Crippen LogP contribution in [0.25, 0.3) is 11.0 Å². The monoisotopic (exact) mass is 484 g/mol. The molecule has 186 valence electrons. The average Bonchev–Trinajstić information content (AvgIpc) is 3.07. The van der Waals surface area contributed by atoms with Crippen molar-refractivity contribution in [2.45, 2.75) is 46.0 Å². The highest BCUT2D eigenvalue weighted by Gasteiger charge is 2.47. The van der Waals surface area contributed by atoms with Crippen LogP contribution in [0.4, 0.5) is 18.0 Å². The molecular weight excluding hydrogens is 457 g/mol. The molecule has 1 aliphatic rings. The van der Waals surface area contributed by atoms with Gasteiger partial charge in [-0.2, -0.15) is 13.2 Å². The quantitative estimate of drug-likeness (QED) is 0.648. The molecular formula is C22H27F3N4O5. The number of carboxylic acids is 1. The van der Waals surface area contributed by atoms with Gasteiger partial charge in [0.15, 0.2) is 0 Å². The van der Waals surface area contributed by atoms with Gasteiger partial charge >= 0.3 is 18.2 Å². The van der Waals surface area contributed by atoms with E-state index < -0.39 is 48.0 Å². The highest BCUT2D eigenvalue weighted by Crippen LogP contribution is 2.34. The number of amides is 2. The second-order valence-corrected chi connectivity index (χ2v) is 9.36. The van der Waals surface area contributed by atoms with Gasteiger partial charge in [-0.25, -0.2) is 9.78 Å². The number of aromatic nitrogens is 2. The Kier molecular flexibility index (Phi) is 6.81. The van der Waals surface area contributed by atoms with Crippen LogP contribution >= 0.6 is 0 Å². The Balaban J connectivity index is 2.09. The molecule has 2 N–H and O–H groups in total. The number of carbonyl (C=O) groups is 3. The summed E-state index contributed by atoms with van der Waals surface area (Å²) in [7, 11) is 0. The lowest BCUT2D eigenvalue weighted by molar-refractivity contribution is -0.152. The molecule has 0 saturated carbocycles. The number of nitrogens with zero attached hydrogens (tertiary/aromatic N) is 4.